The average Bonchev–Trinajstić information content (AvgIpc) is 3.64. The third-order valence-corrected chi connectivity index (χ3v) is 11.2. The summed E-state index contributed by atoms with van der Waals surface area (Å²) in [5.74, 6) is 0. The molecule has 1 aromatic heterocycles. The minimum atomic E-state index is 0.856. The molecule has 56 heavy (non-hydrogen) atoms. The van der Waals surface area contributed by atoms with Crippen molar-refractivity contribution in [3.63, 3.8) is 0 Å². The van der Waals surface area contributed by atoms with Gasteiger partial charge in [-0.2, -0.15) is 0 Å². The molecule has 0 saturated carbocycles. The van der Waals surface area contributed by atoms with Crippen molar-refractivity contribution in [3.05, 3.63) is 212 Å². The number of anilines is 3. The number of para-hydroxylation sites is 1. The van der Waals surface area contributed by atoms with E-state index in [2.05, 4.69) is 211 Å². The topological polar surface area (TPSA) is 16.4 Å². The summed E-state index contributed by atoms with van der Waals surface area (Å²) in [6.07, 6.45) is 0. The van der Waals surface area contributed by atoms with Crippen LogP contribution in [0.3, 0.4) is 0 Å². The molecule has 0 spiro atoms. The van der Waals surface area contributed by atoms with Crippen LogP contribution in [-0.2, 0) is 0 Å². The Morgan fingerprint density at radius 1 is 0.304 bits per heavy atom. The number of hydrogen-bond acceptors (Lipinski definition) is 2. The number of rotatable bonds is 6. The molecule has 0 aliphatic rings. The van der Waals surface area contributed by atoms with Crippen LogP contribution in [0.2, 0.25) is 0 Å². The number of fused-ring (bicyclic) bond motifs is 6. The molecule has 262 valence electrons. The lowest BCUT2D eigenvalue weighted by Crippen LogP contribution is -2.13. The summed E-state index contributed by atoms with van der Waals surface area (Å²) in [6.45, 7) is 0. The monoisotopic (exact) mass is 713 g/mol. The fourth-order valence-electron chi connectivity index (χ4n) is 8.56. The molecule has 11 rings (SSSR count). The molecule has 0 aliphatic carbocycles. The van der Waals surface area contributed by atoms with E-state index in [1.807, 2.05) is 6.07 Å². The van der Waals surface area contributed by atoms with Crippen LogP contribution in [0.5, 0.6) is 0 Å². The van der Waals surface area contributed by atoms with Crippen LogP contribution in [0, 0.1) is 0 Å². The first kappa shape index (κ1) is 32.0. The molecule has 2 nitrogen and oxygen atoms in total. The Hall–Kier alpha value is -7.42. The highest BCUT2D eigenvalue weighted by atomic mass is 16.3. The zero-order chi connectivity index (χ0) is 37.0. The Morgan fingerprint density at radius 3 is 1.79 bits per heavy atom. The lowest BCUT2D eigenvalue weighted by Gasteiger charge is -2.31. The van der Waals surface area contributed by atoms with Crippen molar-refractivity contribution in [1.29, 1.82) is 0 Å². The highest BCUT2D eigenvalue weighted by Gasteiger charge is 2.24. The molecule has 0 saturated heterocycles. The van der Waals surface area contributed by atoms with Crippen molar-refractivity contribution in [2.75, 3.05) is 4.90 Å². The summed E-state index contributed by atoms with van der Waals surface area (Å²) in [5, 5.41) is 9.47. The molecule has 0 fully saturated rings. The summed E-state index contributed by atoms with van der Waals surface area (Å²) in [7, 11) is 0. The first-order chi connectivity index (χ1) is 27.8. The lowest BCUT2D eigenvalue weighted by molar-refractivity contribution is 0.669. The molecule has 0 amide bonds. The standard InChI is InChI=1S/C54H35NO/c1-2-13-36(14-3-1)41-28-31-50(49(34-41)42-26-25-37-15-4-5-18-40(37)33-42)55(43-29-30-47-46-22-10-11-24-52(46)56-53(47)35-43)51-32-27-39-17-7-9-21-45(39)54(51)48-23-12-19-38-16-6-8-20-44(38)48/h1-35H. The number of furan rings is 1. The number of nitrogens with zero attached hydrogens (tertiary/aromatic N) is 1. The van der Waals surface area contributed by atoms with Gasteiger partial charge in [-0.05, 0) is 97.0 Å². The highest BCUT2D eigenvalue weighted by molar-refractivity contribution is 6.13. The van der Waals surface area contributed by atoms with Crippen LogP contribution in [0.15, 0.2) is 217 Å². The van der Waals surface area contributed by atoms with Gasteiger partial charge in [-0.15, -0.1) is 0 Å². The maximum absolute atomic E-state index is 6.57. The van der Waals surface area contributed by atoms with Gasteiger partial charge in [0.1, 0.15) is 11.2 Å². The molecule has 0 aliphatic heterocycles. The van der Waals surface area contributed by atoms with Gasteiger partial charge in [-0.1, -0.05) is 164 Å². The summed E-state index contributed by atoms with van der Waals surface area (Å²) in [6, 6.07) is 76.7. The first-order valence-electron chi connectivity index (χ1n) is 19.2. The molecule has 0 unspecified atom stereocenters. The minimum Gasteiger partial charge on any atom is -0.456 e. The smallest absolute Gasteiger partial charge is 0.137 e. The molecular weight excluding hydrogens is 679 g/mol. The maximum Gasteiger partial charge on any atom is 0.137 e. The van der Waals surface area contributed by atoms with E-state index < -0.39 is 0 Å². The summed E-state index contributed by atoms with van der Waals surface area (Å²) in [4.78, 5) is 2.45. The van der Waals surface area contributed by atoms with Crippen molar-refractivity contribution in [3.8, 4) is 33.4 Å². The van der Waals surface area contributed by atoms with Crippen molar-refractivity contribution in [1.82, 2.24) is 0 Å². The SMILES string of the molecule is c1ccc(-c2ccc(N(c3ccc4c(c3)oc3ccccc34)c3ccc4ccccc4c3-c3cccc4ccccc34)c(-c3ccc4ccccc4c3)c2)cc1. The van der Waals surface area contributed by atoms with Crippen LogP contribution in [-0.4, -0.2) is 0 Å². The third kappa shape index (κ3) is 5.34. The largest absolute Gasteiger partial charge is 0.456 e. The lowest BCUT2D eigenvalue weighted by atomic mass is 9.90. The fourth-order valence-corrected chi connectivity index (χ4v) is 8.56. The zero-order valence-corrected chi connectivity index (χ0v) is 30.6. The molecule has 2 heteroatoms. The van der Waals surface area contributed by atoms with Crippen LogP contribution in [0.1, 0.15) is 0 Å². The van der Waals surface area contributed by atoms with E-state index in [0.717, 1.165) is 55.7 Å². The minimum absolute atomic E-state index is 0.856. The van der Waals surface area contributed by atoms with Gasteiger partial charge in [0, 0.05) is 33.7 Å². The maximum atomic E-state index is 6.57. The second-order valence-electron chi connectivity index (χ2n) is 14.5. The van der Waals surface area contributed by atoms with E-state index in [4.69, 9.17) is 4.42 Å². The van der Waals surface area contributed by atoms with Crippen LogP contribution >= 0.6 is 0 Å². The van der Waals surface area contributed by atoms with E-state index in [9.17, 15) is 0 Å². The van der Waals surface area contributed by atoms with Crippen LogP contribution < -0.4 is 4.90 Å². The molecule has 0 radical (unpaired) electrons. The van der Waals surface area contributed by atoms with Crippen molar-refractivity contribution in [2.24, 2.45) is 0 Å². The number of benzene rings is 10. The van der Waals surface area contributed by atoms with Crippen LogP contribution in [0.25, 0.3) is 87.6 Å². The van der Waals surface area contributed by atoms with E-state index >= 15 is 0 Å². The van der Waals surface area contributed by atoms with Gasteiger partial charge in [0.05, 0.1) is 11.4 Å². The fraction of sp³-hybridized carbons (Fsp3) is 0. The van der Waals surface area contributed by atoms with Crippen molar-refractivity contribution >= 4 is 71.3 Å². The van der Waals surface area contributed by atoms with E-state index in [-0.39, 0.29) is 0 Å². The van der Waals surface area contributed by atoms with E-state index in [1.54, 1.807) is 0 Å². The van der Waals surface area contributed by atoms with Gasteiger partial charge >= 0.3 is 0 Å². The Balaban J connectivity index is 1.25. The predicted octanol–water partition coefficient (Wildman–Crippen LogP) is 15.5. The van der Waals surface area contributed by atoms with Crippen molar-refractivity contribution < 1.29 is 4.42 Å². The molecule has 10 aromatic carbocycles. The Labute approximate surface area is 325 Å². The summed E-state index contributed by atoms with van der Waals surface area (Å²) >= 11 is 0. The van der Waals surface area contributed by atoms with E-state index in [0.29, 0.717) is 0 Å². The molecule has 0 bridgehead atoms. The van der Waals surface area contributed by atoms with Crippen molar-refractivity contribution in [2.45, 2.75) is 0 Å². The second-order valence-corrected chi connectivity index (χ2v) is 14.5. The first-order valence-corrected chi connectivity index (χ1v) is 19.2. The van der Waals surface area contributed by atoms with Gasteiger partial charge in [-0.3, -0.25) is 0 Å². The van der Waals surface area contributed by atoms with Gasteiger partial charge in [0.25, 0.3) is 0 Å². The molecule has 1 heterocycles. The Morgan fingerprint density at radius 2 is 0.929 bits per heavy atom. The van der Waals surface area contributed by atoms with Gasteiger partial charge in [0.15, 0.2) is 0 Å². The highest BCUT2D eigenvalue weighted by Crippen LogP contribution is 2.50. The Kier molecular flexibility index (Phi) is 7.53. The molecule has 11 aromatic rings. The number of hydrogen-bond donors (Lipinski definition) is 0. The van der Waals surface area contributed by atoms with Gasteiger partial charge in [0.2, 0.25) is 0 Å². The normalized spacial score (nSPS) is 11.6. The predicted molar refractivity (Wildman–Crippen MR) is 237 cm³/mol. The quantitative estimate of drug-likeness (QED) is 0.171. The Bertz CT molecular complexity index is 3260. The van der Waals surface area contributed by atoms with Gasteiger partial charge in [-0.25, -0.2) is 0 Å². The molecular formula is C54H35NO. The van der Waals surface area contributed by atoms with Gasteiger partial charge < -0.3 is 9.32 Å². The average molecular weight is 714 g/mol. The zero-order valence-electron chi connectivity index (χ0n) is 30.6. The molecule has 0 atom stereocenters. The van der Waals surface area contributed by atoms with Crippen LogP contribution in [0.4, 0.5) is 17.1 Å². The molecule has 0 N–H and O–H groups in total. The third-order valence-electron chi connectivity index (χ3n) is 11.2. The summed E-state index contributed by atoms with van der Waals surface area (Å²) in [5.41, 5.74) is 11.9. The summed E-state index contributed by atoms with van der Waals surface area (Å²) < 4.78 is 6.57. The van der Waals surface area contributed by atoms with E-state index in [1.165, 1.54) is 49.0 Å². The second kappa shape index (κ2) is 13.2.